The van der Waals surface area contributed by atoms with Crippen LogP contribution in [0.25, 0.3) is 44.3 Å². The molecule has 7 rings (SSSR count). The van der Waals surface area contributed by atoms with Gasteiger partial charge in [-0.3, -0.25) is 4.98 Å². The molecule has 0 aliphatic heterocycles. The lowest BCUT2D eigenvalue weighted by Crippen LogP contribution is -2.11. The summed E-state index contributed by atoms with van der Waals surface area (Å²) in [4.78, 5) is 4.78. The van der Waals surface area contributed by atoms with Gasteiger partial charge >= 0.3 is 0 Å². The van der Waals surface area contributed by atoms with Gasteiger partial charge in [0.2, 0.25) is 0 Å². The molecule has 4 aromatic carbocycles. The minimum Gasteiger partial charge on any atom is -0.490 e. The minimum atomic E-state index is -0.899. The van der Waals surface area contributed by atoms with Crippen molar-refractivity contribution in [3.05, 3.63) is 103 Å². The van der Waals surface area contributed by atoms with Crippen molar-refractivity contribution in [3.8, 4) is 44.9 Å². The number of hydrogen-bond donors (Lipinski definition) is 0. The number of halogens is 3. The van der Waals surface area contributed by atoms with E-state index in [2.05, 4.69) is 6.07 Å². The zero-order chi connectivity index (χ0) is 29.3. The largest absolute Gasteiger partial charge is 0.490 e. The van der Waals surface area contributed by atoms with E-state index in [0.29, 0.717) is 16.9 Å². The molecule has 5 aromatic rings. The van der Waals surface area contributed by atoms with Gasteiger partial charge in [-0.05, 0) is 117 Å². The average molecular weight is 580 g/mol. The number of ether oxygens (including phenoxy) is 2. The van der Waals surface area contributed by atoms with Crippen LogP contribution in [0.15, 0.2) is 85.1 Å². The summed E-state index contributed by atoms with van der Waals surface area (Å²) in [7, 11) is 0. The summed E-state index contributed by atoms with van der Waals surface area (Å²) in [6.07, 6.45) is 10.7. The Balaban J connectivity index is 1.30. The van der Waals surface area contributed by atoms with Crippen LogP contribution in [0.4, 0.5) is 13.2 Å². The van der Waals surface area contributed by atoms with Gasteiger partial charge in [0.25, 0.3) is 0 Å². The standard InChI is InChI=1S/C37H32F3NO2/c38-28-13-9-23(10-14-28)31-18-24(12-16-36(31)42-29-5-1-2-6-29)27-17-26-19-32(25-11-15-33(39)34(40)20-25)37(21-35(26)41-22-27)43-30-7-3-4-8-30/h9-22,29-30H,1-8H2. The molecule has 2 saturated carbocycles. The molecule has 43 heavy (non-hydrogen) atoms. The van der Waals surface area contributed by atoms with Crippen LogP contribution in [0.3, 0.4) is 0 Å². The molecule has 0 radical (unpaired) electrons. The molecule has 0 unspecified atom stereocenters. The Bertz CT molecular complexity index is 1770. The number of nitrogens with zero attached hydrogens (tertiary/aromatic N) is 1. The summed E-state index contributed by atoms with van der Waals surface area (Å²) in [5.41, 5.74) is 5.60. The van der Waals surface area contributed by atoms with E-state index in [4.69, 9.17) is 14.5 Å². The minimum absolute atomic E-state index is 0.0932. The molecule has 3 nitrogen and oxygen atoms in total. The first kappa shape index (κ1) is 27.5. The van der Waals surface area contributed by atoms with E-state index in [1.165, 1.54) is 18.2 Å². The lowest BCUT2D eigenvalue weighted by atomic mass is 9.97. The summed E-state index contributed by atoms with van der Waals surface area (Å²) < 4.78 is 54.7. The Labute approximate surface area is 249 Å². The van der Waals surface area contributed by atoms with Crippen molar-refractivity contribution < 1.29 is 22.6 Å². The van der Waals surface area contributed by atoms with Crippen molar-refractivity contribution in [2.45, 2.75) is 63.6 Å². The third-order valence-electron chi connectivity index (χ3n) is 8.67. The maximum absolute atomic E-state index is 14.3. The molecule has 2 aliphatic carbocycles. The Kier molecular flexibility index (Phi) is 7.52. The van der Waals surface area contributed by atoms with Crippen LogP contribution in [0, 0.1) is 17.5 Å². The van der Waals surface area contributed by atoms with Crippen LogP contribution in [0.1, 0.15) is 51.4 Å². The Hall–Kier alpha value is -4.32. The third kappa shape index (κ3) is 5.83. The first-order chi connectivity index (χ1) is 21.0. The van der Waals surface area contributed by atoms with Crippen molar-refractivity contribution >= 4 is 10.9 Å². The highest BCUT2D eigenvalue weighted by Gasteiger charge is 2.21. The second-order valence-corrected chi connectivity index (χ2v) is 11.7. The van der Waals surface area contributed by atoms with Crippen LogP contribution >= 0.6 is 0 Å². The van der Waals surface area contributed by atoms with Gasteiger partial charge in [-0.2, -0.15) is 0 Å². The molecular weight excluding hydrogens is 547 g/mol. The van der Waals surface area contributed by atoms with E-state index < -0.39 is 11.6 Å². The van der Waals surface area contributed by atoms with Gasteiger partial charge in [-0.25, -0.2) is 13.2 Å². The molecule has 0 spiro atoms. The van der Waals surface area contributed by atoms with Gasteiger partial charge in [0.15, 0.2) is 11.6 Å². The van der Waals surface area contributed by atoms with E-state index in [1.807, 2.05) is 36.5 Å². The van der Waals surface area contributed by atoms with Crippen LogP contribution in [0.5, 0.6) is 11.5 Å². The van der Waals surface area contributed by atoms with Gasteiger partial charge in [0.05, 0.1) is 17.7 Å². The summed E-state index contributed by atoms with van der Waals surface area (Å²) in [5.74, 6) is -0.665. The van der Waals surface area contributed by atoms with Crippen LogP contribution in [0.2, 0.25) is 0 Å². The van der Waals surface area contributed by atoms with E-state index >= 15 is 0 Å². The van der Waals surface area contributed by atoms with Crippen molar-refractivity contribution in [1.82, 2.24) is 4.98 Å². The normalized spacial score (nSPS) is 15.8. The first-order valence-electron chi connectivity index (χ1n) is 15.1. The fourth-order valence-electron chi connectivity index (χ4n) is 6.34. The summed E-state index contributed by atoms with van der Waals surface area (Å²) >= 11 is 0. The Morgan fingerprint density at radius 1 is 0.535 bits per heavy atom. The lowest BCUT2D eigenvalue weighted by Gasteiger charge is -2.19. The molecule has 218 valence electrons. The maximum Gasteiger partial charge on any atom is 0.159 e. The Morgan fingerprint density at radius 3 is 1.86 bits per heavy atom. The van der Waals surface area contributed by atoms with Crippen LogP contribution in [-0.2, 0) is 0 Å². The molecular formula is C37H32F3NO2. The molecule has 2 fully saturated rings. The van der Waals surface area contributed by atoms with Crippen LogP contribution < -0.4 is 9.47 Å². The van der Waals surface area contributed by atoms with E-state index in [1.54, 1.807) is 18.2 Å². The second kappa shape index (κ2) is 11.8. The number of benzene rings is 4. The fraction of sp³-hybridized carbons (Fsp3) is 0.270. The highest BCUT2D eigenvalue weighted by atomic mass is 19.2. The first-order valence-corrected chi connectivity index (χ1v) is 15.1. The highest BCUT2D eigenvalue weighted by Crippen LogP contribution is 2.40. The summed E-state index contributed by atoms with van der Waals surface area (Å²) in [5, 5.41) is 0.852. The maximum atomic E-state index is 14.3. The Morgan fingerprint density at radius 2 is 1.16 bits per heavy atom. The molecule has 0 amide bonds. The zero-order valence-electron chi connectivity index (χ0n) is 23.8. The molecule has 2 aliphatic rings. The van der Waals surface area contributed by atoms with Crippen molar-refractivity contribution in [1.29, 1.82) is 0 Å². The molecule has 1 heterocycles. The predicted octanol–water partition coefficient (Wildman–Crippen LogP) is 10.3. The third-order valence-corrected chi connectivity index (χ3v) is 8.67. The summed E-state index contributed by atoms with van der Waals surface area (Å²) in [6, 6.07) is 22.4. The van der Waals surface area contributed by atoms with E-state index in [9.17, 15) is 13.2 Å². The van der Waals surface area contributed by atoms with Crippen molar-refractivity contribution in [2.24, 2.45) is 0 Å². The highest BCUT2D eigenvalue weighted by molar-refractivity contribution is 5.91. The van der Waals surface area contributed by atoms with E-state index in [-0.39, 0.29) is 18.0 Å². The quantitative estimate of drug-likeness (QED) is 0.192. The van der Waals surface area contributed by atoms with Gasteiger partial charge in [0.1, 0.15) is 17.3 Å². The van der Waals surface area contributed by atoms with Gasteiger partial charge in [-0.15, -0.1) is 0 Å². The van der Waals surface area contributed by atoms with Gasteiger partial charge in [-0.1, -0.05) is 24.3 Å². The van der Waals surface area contributed by atoms with Gasteiger partial charge < -0.3 is 9.47 Å². The molecule has 0 saturated heterocycles. The second-order valence-electron chi connectivity index (χ2n) is 11.7. The SMILES string of the molecule is Fc1ccc(-c2cc(-c3cnc4cc(OC5CCCC5)c(-c5ccc(F)c(F)c5)cc4c3)ccc2OC2CCCC2)cc1. The zero-order valence-corrected chi connectivity index (χ0v) is 23.8. The van der Waals surface area contributed by atoms with E-state index in [0.717, 1.165) is 96.3 Å². The van der Waals surface area contributed by atoms with Crippen LogP contribution in [-0.4, -0.2) is 17.2 Å². The predicted molar refractivity (Wildman–Crippen MR) is 164 cm³/mol. The fourth-order valence-corrected chi connectivity index (χ4v) is 6.34. The number of rotatable bonds is 7. The molecule has 6 heteroatoms. The number of fused-ring (bicyclic) bond motifs is 1. The summed E-state index contributed by atoms with van der Waals surface area (Å²) in [6.45, 7) is 0. The van der Waals surface area contributed by atoms with Crippen molar-refractivity contribution in [3.63, 3.8) is 0 Å². The smallest absolute Gasteiger partial charge is 0.159 e. The number of hydrogen-bond acceptors (Lipinski definition) is 3. The van der Waals surface area contributed by atoms with Crippen molar-refractivity contribution in [2.75, 3.05) is 0 Å². The number of aromatic nitrogens is 1. The molecule has 0 bridgehead atoms. The lowest BCUT2D eigenvalue weighted by molar-refractivity contribution is 0.211. The van der Waals surface area contributed by atoms with Gasteiger partial charge in [0, 0.05) is 34.3 Å². The average Bonchev–Trinajstić information content (AvgIpc) is 3.74. The monoisotopic (exact) mass is 579 g/mol. The molecule has 1 aromatic heterocycles. The molecule has 0 N–H and O–H groups in total. The molecule has 0 atom stereocenters. The topological polar surface area (TPSA) is 31.4 Å². The number of pyridine rings is 1.